The third-order valence-corrected chi connectivity index (χ3v) is 6.63. The lowest BCUT2D eigenvalue weighted by molar-refractivity contribution is 0.0971. The first-order chi connectivity index (χ1) is 17.3. The van der Waals surface area contributed by atoms with Gasteiger partial charge in [0.2, 0.25) is 5.76 Å². The van der Waals surface area contributed by atoms with Crippen molar-refractivity contribution in [3.63, 3.8) is 0 Å². The van der Waals surface area contributed by atoms with Crippen LogP contribution in [0.2, 0.25) is 0 Å². The maximum absolute atomic E-state index is 13.9. The van der Waals surface area contributed by atoms with E-state index in [-0.39, 0.29) is 17.1 Å². The van der Waals surface area contributed by atoms with Crippen LogP contribution >= 0.6 is 0 Å². The summed E-state index contributed by atoms with van der Waals surface area (Å²) >= 11 is 0. The number of fused-ring (bicyclic) bond motifs is 2. The number of hydrogen-bond acceptors (Lipinski definition) is 5. The predicted molar refractivity (Wildman–Crippen MR) is 140 cm³/mol. The van der Waals surface area contributed by atoms with E-state index >= 15 is 0 Å². The minimum atomic E-state index is -0.695. The van der Waals surface area contributed by atoms with E-state index in [1.54, 1.807) is 30.2 Å². The Morgan fingerprint density at radius 2 is 1.78 bits per heavy atom. The molecule has 5 rings (SSSR count). The molecule has 36 heavy (non-hydrogen) atoms. The van der Waals surface area contributed by atoms with Crippen LogP contribution in [-0.4, -0.2) is 19.6 Å². The third-order valence-electron chi connectivity index (χ3n) is 6.63. The lowest BCUT2D eigenvalue weighted by Crippen LogP contribution is -2.29. The molecule has 2 heterocycles. The summed E-state index contributed by atoms with van der Waals surface area (Å²) < 4.78 is 17.4. The molecule has 0 radical (unpaired) electrons. The Kier molecular flexibility index (Phi) is 5.88. The Bertz CT molecular complexity index is 1580. The number of carbonyl (C=O) groups is 1. The van der Waals surface area contributed by atoms with Crippen molar-refractivity contribution in [3.8, 4) is 11.5 Å². The highest BCUT2D eigenvalue weighted by Gasteiger charge is 2.44. The zero-order valence-electron chi connectivity index (χ0n) is 20.8. The van der Waals surface area contributed by atoms with Crippen molar-refractivity contribution in [2.24, 2.45) is 0 Å². The van der Waals surface area contributed by atoms with Gasteiger partial charge in [-0.25, -0.2) is 0 Å². The number of rotatable bonds is 6. The zero-order valence-corrected chi connectivity index (χ0v) is 20.8. The van der Waals surface area contributed by atoms with Crippen molar-refractivity contribution < 1.29 is 18.7 Å². The van der Waals surface area contributed by atoms with Crippen molar-refractivity contribution in [2.75, 3.05) is 18.6 Å². The predicted octanol–water partition coefficient (Wildman–Crippen LogP) is 6.04. The summed E-state index contributed by atoms with van der Waals surface area (Å²) in [5.74, 6) is 0.748. The van der Waals surface area contributed by atoms with E-state index in [4.69, 9.17) is 13.9 Å². The average molecular weight is 482 g/mol. The van der Waals surface area contributed by atoms with Gasteiger partial charge in [-0.2, -0.15) is 0 Å². The highest BCUT2D eigenvalue weighted by Crippen LogP contribution is 2.43. The molecule has 1 aliphatic heterocycles. The molecule has 0 saturated carbocycles. The van der Waals surface area contributed by atoms with E-state index in [1.807, 2.05) is 63.2 Å². The Morgan fingerprint density at radius 1 is 1.00 bits per heavy atom. The van der Waals surface area contributed by atoms with Crippen LogP contribution in [0.25, 0.3) is 11.0 Å². The van der Waals surface area contributed by atoms with Gasteiger partial charge < -0.3 is 13.9 Å². The van der Waals surface area contributed by atoms with Gasteiger partial charge in [-0.15, -0.1) is 0 Å². The highest BCUT2D eigenvalue weighted by molar-refractivity contribution is 6.10. The molecule has 4 aromatic rings. The van der Waals surface area contributed by atoms with E-state index in [0.717, 1.165) is 16.7 Å². The number of aryl methyl sites for hydroxylation is 3. The zero-order chi connectivity index (χ0) is 25.6. The Balaban J connectivity index is 1.78. The lowest BCUT2D eigenvalue weighted by Gasteiger charge is -2.26. The minimum absolute atomic E-state index is 0.0632. The van der Waals surface area contributed by atoms with Crippen molar-refractivity contribution in [3.05, 3.63) is 111 Å². The Labute approximate surface area is 209 Å². The molecular formula is C30H27NO5. The summed E-state index contributed by atoms with van der Waals surface area (Å²) in [5.41, 5.74) is 4.87. The molecule has 0 fully saturated rings. The number of amides is 1. The molecule has 1 amide bonds. The summed E-state index contributed by atoms with van der Waals surface area (Å²) in [5, 5.41) is 0.457. The fraction of sp³-hybridized carbons (Fsp3) is 0.200. The molecule has 0 bridgehead atoms. The summed E-state index contributed by atoms with van der Waals surface area (Å²) in [6.45, 7) is 9.88. The first-order valence-corrected chi connectivity index (χ1v) is 11.7. The van der Waals surface area contributed by atoms with Gasteiger partial charge in [0.15, 0.2) is 16.9 Å². The second-order valence-corrected chi connectivity index (χ2v) is 9.03. The van der Waals surface area contributed by atoms with Gasteiger partial charge in [0.25, 0.3) is 5.91 Å². The third kappa shape index (κ3) is 3.75. The van der Waals surface area contributed by atoms with Gasteiger partial charge in [-0.1, -0.05) is 30.9 Å². The number of carbonyl (C=O) groups excluding carboxylic acids is 1. The molecular weight excluding hydrogens is 454 g/mol. The van der Waals surface area contributed by atoms with E-state index in [1.165, 1.54) is 0 Å². The second kappa shape index (κ2) is 9.04. The number of benzene rings is 3. The molecule has 0 spiro atoms. The summed E-state index contributed by atoms with van der Waals surface area (Å²) in [4.78, 5) is 29.4. The Morgan fingerprint density at radius 3 is 2.50 bits per heavy atom. The van der Waals surface area contributed by atoms with Crippen molar-refractivity contribution >= 4 is 22.6 Å². The van der Waals surface area contributed by atoms with Gasteiger partial charge in [-0.05, 0) is 79.4 Å². The number of ether oxygens (including phenoxy) is 2. The van der Waals surface area contributed by atoms with Crippen molar-refractivity contribution in [1.82, 2.24) is 0 Å². The van der Waals surface area contributed by atoms with Crippen LogP contribution in [0.15, 0.2) is 76.5 Å². The first-order valence-electron chi connectivity index (χ1n) is 11.7. The second-order valence-electron chi connectivity index (χ2n) is 9.03. The fourth-order valence-electron chi connectivity index (χ4n) is 4.71. The normalized spacial score (nSPS) is 14.7. The molecule has 0 saturated heterocycles. The average Bonchev–Trinajstić information content (AvgIpc) is 3.16. The quantitative estimate of drug-likeness (QED) is 0.314. The largest absolute Gasteiger partial charge is 0.493 e. The van der Waals surface area contributed by atoms with Crippen molar-refractivity contribution in [2.45, 2.75) is 26.8 Å². The molecule has 0 aliphatic carbocycles. The molecule has 6 nitrogen and oxygen atoms in total. The first kappa shape index (κ1) is 23.4. The molecule has 1 aliphatic rings. The molecule has 6 heteroatoms. The van der Waals surface area contributed by atoms with Crippen LogP contribution in [0.4, 0.5) is 5.69 Å². The summed E-state index contributed by atoms with van der Waals surface area (Å²) in [6, 6.07) is 16.0. The van der Waals surface area contributed by atoms with Crippen LogP contribution in [0, 0.1) is 20.8 Å². The van der Waals surface area contributed by atoms with Crippen LogP contribution in [0.5, 0.6) is 11.5 Å². The van der Waals surface area contributed by atoms with Gasteiger partial charge in [-0.3, -0.25) is 14.5 Å². The van der Waals surface area contributed by atoms with Gasteiger partial charge >= 0.3 is 0 Å². The maximum Gasteiger partial charge on any atom is 0.295 e. The minimum Gasteiger partial charge on any atom is -0.493 e. The van der Waals surface area contributed by atoms with Crippen LogP contribution < -0.4 is 19.8 Å². The summed E-state index contributed by atoms with van der Waals surface area (Å²) in [6.07, 6.45) is 1.65. The monoisotopic (exact) mass is 481 g/mol. The fourth-order valence-corrected chi connectivity index (χ4v) is 4.71. The van der Waals surface area contributed by atoms with Gasteiger partial charge in [0.1, 0.15) is 12.2 Å². The van der Waals surface area contributed by atoms with Crippen LogP contribution in [-0.2, 0) is 0 Å². The van der Waals surface area contributed by atoms with Gasteiger partial charge in [0.05, 0.1) is 24.1 Å². The number of methoxy groups -OCH3 is 1. The van der Waals surface area contributed by atoms with E-state index in [0.29, 0.717) is 45.9 Å². The van der Waals surface area contributed by atoms with Crippen LogP contribution in [0.1, 0.15) is 44.4 Å². The number of hydrogen-bond donors (Lipinski definition) is 0. The summed E-state index contributed by atoms with van der Waals surface area (Å²) in [7, 11) is 1.55. The highest BCUT2D eigenvalue weighted by atomic mass is 16.5. The smallest absolute Gasteiger partial charge is 0.295 e. The molecule has 1 atom stereocenters. The standard InChI is InChI=1S/C30H27NO5/c1-6-12-35-23-11-10-20(16-25(23)34-5)27-26-28(32)22-14-18(3)19(4)15-24(22)36-29(26)30(33)31(27)21-9-7-8-17(2)13-21/h6-11,13-16,27H,1,12H2,2-5H3. The van der Waals surface area contributed by atoms with E-state index in [9.17, 15) is 9.59 Å². The SMILES string of the molecule is C=CCOc1ccc(C2c3c(oc4cc(C)c(C)cc4c3=O)C(=O)N2c2cccc(C)c2)cc1OC. The topological polar surface area (TPSA) is 69.0 Å². The van der Waals surface area contributed by atoms with Crippen molar-refractivity contribution in [1.29, 1.82) is 0 Å². The van der Waals surface area contributed by atoms with Crippen LogP contribution in [0.3, 0.4) is 0 Å². The maximum atomic E-state index is 13.9. The number of nitrogens with zero attached hydrogens (tertiary/aromatic N) is 1. The van der Waals surface area contributed by atoms with E-state index < -0.39 is 6.04 Å². The Hall–Kier alpha value is -4.32. The molecule has 3 aromatic carbocycles. The molecule has 182 valence electrons. The van der Waals surface area contributed by atoms with E-state index in [2.05, 4.69) is 6.58 Å². The lowest BCUT2D eigenvalue weighted by atomic mass is 9.96. The molecule has 1 unspecified atom stereocenters. The van der Waals surface area contributed by atoms with Gasteiger partial charge in [0, 0.05) is 5.69 Å². The molecule has 0 N–H and O–H groups in total. The number of anilines is 1. The molecule has 1 aromatic heterocycles.